The molecule has 18 heavy (non-hydrogen) atoms. The molecule has 3 nitrogen and oxygen atoms in total. The van der Waals surface area contributed by atoms with Crippen LogP contribution in [0, 0.1) is 0 Å². The first kappa shape index (κ1) is 13.3. The van der Waals surface area contributed by atoms with E-state index in [0.717, 1.165) is 17.9 Å². The average Bonchev–Trinajstić information content (AvgIpc) is 2.41. The molecule has 1 fully saturated rings. The van der Waals surface area contributed by atoms with Crippen LogP contribution in [-0.4, -0.2) is 22.7 Å². The number of aliphatic hydroxyl groups excluding tert-OH is 1. The number of hydrogen-bond donors (Lipinski definition) is 1. The second-order valence-corrected chi connectivity index (χ2v) is 5.20. The monoisotopic (exact) mass is 248 g/mol. The lowest BCUT2D eigenvalue weighted by Crippen LogP contribution is -2.37. The summed E-state index contributed by atoms with van der Waals surface area (Å²) in [6.45, 7) is 4.97. The van der Waals surface area contributed by atoms with Crippen LogP contribution >= 0.6 is 0 Å². The lowest BCUT2D eigenvalue weighted by molar-refractivity contribution is 0.199. The summed E-state index contributed by atoms with van der Waals surface area (Å²) in [5.74, 6) is 1.05. The molecule has 0 saturated heterocycles. The van der Waals surface area contributed by atoms with Gasteiger partial charge in [0.2, 0.25) is 0 Å². The average molecular weight is 248 g/mol. The highest BCUT2D eigenvalue weighted by atomic mass is 16.3. The maximum atomic E-state index is 9.51. The second kappa shape index (κ2) is 6.19. The molecule has 0 bridgehead atoms. The van der Waals surface area contributed by atoms with Crippen molar-refractivity contribution in [1.29, 1.82) is 0 Å². The molecule has 1 saturated carbocycles. The van der Waals surface area contributed by atoms with Crippen LogP contribution in [0.3, 0.4) is 0 Å². The lowest BCUT2D eigenvalue weighted by Gasteiger charge is -2.34. The Morgan fingerprint density at radius 3 is 2.56 bits per heavy atom. The summed E-state index contributed by atoms with van der Waals surface area (Å²) in [6.07, 6.45) is 7.99. The van der Waals surface area contributed by atoms with Crippen LogP contribution < -0.4 is 4.90 Å². The Labute approximate surface area is 110 Å². The van der Waals surface area contributed by atoms with Gasteiger partial charge in [0.15, 0.2) is 0 Å². The van der Waals surface area contributed by atoms with Gasteiger partial charge in [-0.05, 0) is 38.3 Å². The molecule has 1 aliphatic rings. The van der Waals surface area contributed by atoms with Crippen LogP contribution in [0.5, 0.6) is 0 Å². The first-order chi connectivity index (χ1) is 8.72. The standard InChI is InChI=1S/C15H24N2O/c1-3-17(14-7-5-4-6-8-14)15-10-9-13(11-16-15)12(2)18/h9-12,14,18H,3-8H2,1-2H3/t12-/m1/s1. The smallest absolute Gasteiger partial charge is 0.128 e. The molecule has 0 amide bonds. The van der Waals surface area contributed by atoms with Crippen LogP contribution in [0.1, 0.15) is 57.6 Å². The third-order valence-electron chi connectivity index (χ3n) is 3.90. The highest BCUT2D eigenvalue weighted by Crippen LogP contribution is 2.26. The fourth-order valence-electron chi connectivity index (χ4n) is 2.81. The summed E-state index contributed by atoms with van der Waals surface area (Å²) in [6, 6.07) is 4.67. The zero-order valence-electron chi connectivity index (χ0n) is 11.5. The molecule has 1 N–H and O–H groups in total. The molecule has 1 aromatic rings. The Kier molecular flexibility index (Phi) is 4.59. The van der Waals surface area contributed by atoms with E-state index in [9.17, 15) is 5.11 Å². The number of pyridine rings is 1. The number of aliphatic hydroxyl groups is 1. The third-order valence-corrected chi connectivity index (χ3v) is 3.90. The van der Waals surface area contributed by atoms with Crippen molar-refractivity contribution in [2.24, 2.45) is 0 Å². The number of hydrogen-bond acceptors (Lipinski definition) is 3. The van der Waals surface area contributed by atoms with Crippen LogP contribution in [0.2, 0.25) is 0 Å². The Hall–Kier alpha value is -1.09. The maximum absolute atomic E-state index is 9.51. The zero-order valence-corrected chi connectivity index (χ0v) is 11.5. The van der Waals surface area contributed by atoms with E-state index in [1.165, 1.54) is 32.1 Å². The minimum atomic E-state index is -0.434. The van der Waals surface area contributed by atoms with Crippen LogP contribution in [-0.2, 0) is 0 Å². The number of rotatable bonds is 4. The SMILES string of the molecule is CCN(c1ccc([C@@H](C)O)cn1)C1CCCCC1. The van der Waals surface area contributed by atoms with Crippen molar-refractivity contribution in [3.8, 4) is 0 Å². The molecule has 2 rings (SSSR count). The van der Waals surface area contributed by atoms with Gasteiger partial charge in [-0.3, -0.25) is 0 Å². The molecule has 1 atom stereocenters. The van der Waals surface area contributed by atoms with Crippen LogP contribution in [0.4, 0.5) is 5.82 Å². The summed E-state index contributed by atoms with van der Waals surface area (Å²) in [5, 5.41) is 9.51. The number of aromatic nitrogens is 1. The van der Waals surface area contributed by atoms with Gasteiger partial charge in [0, 0.05) is 18.8 Å². The summed E-state index contributed by atoms with van der Waals surface area (Å²) >= 11 is 0. The second-order valence-electron chi connectivity index (χ2n) is 5.20. The predicted octanol–water partition coefficient (Wildman–Crippen LogP) is 3.29. The maximum Gasteiger partial charge on any atom is 0.128 e. The molecule has 1 heterocycles. The fourth-order valence-corrected chi connectivity index (χ4v) is 2.81. The predicted molar refractivity (Wildman–Crippen MR) is 74.8 cm³/mol. The first-order valence-electron chi connectivity index (χ1n) is 7.13. The van der Waals surface area contributed by atoms with Crippen molar-refractivity contribution in [2.45, 2.75) is 58.1 Å². The molecule has 3 heteroatoms. The summed E-state index contributed by atoms with van der Waals surface area (Å²) < 4.78 is 0. The van der Waals surface area contributed by atoms with Crippen molar-refractivity contribution < 1.29 is 5.11 Å². The Morgan fingerprint density at radius 2 is 2.06 bits per heavy atom. The van der Waals surface area contributed by atoms with Gasteiger partial charge >= 0.3 is 0 Å². The highest BCUT2D eigenvalue weighted by molar-refractivity contribution is 5.40. The van der Waals surface area contributed by atoms with E-state index in [1.807, 2.05) is 12.1 Å². The molecule has 0 unspecified atom stereocenters. The number of anilines is 1. The summed E-state index contributed by atoms with van der Waals surface area (Å²) in [4.78, 5) is 6.92. The van der Waals surface area contributed by atoms with Gasteiger partial charge in [0.05, 0.1) is 6.10 Å². The van der Waals surface area contributed by atoms with Gasteiger partial charge in [0.25, 0.3) is 0 Å². The van der Waals surface area contributed by atoms with Crippen molar-refractivity contribution in [1.82, 2.24) is 4.98 Å². The van der Waals surface area contributed by atoms with Gasteiger partial charge < -0.3 is 10.0 Å². The molecule has 1 aliphatic carbocycles. The van der Waals surface area contributed by atoms with E-state index < -0.39 is 6.10 Å². The van der Waals surface area contributed by atoms with E-state index in [4.69, 9.17) is 0 Å². The van der Waals surface area contributed by atoms with Crippen LogP contribution in [0.15, 0.2) is 18.3 Å². The van der Waals surface area contributed by atoms with Crippen molar-refractivity contribution in [3.05, 3.63) is 23.9 Å². The Morgan fingerprint density at radius 1 is 1.33 bits per heavy atom. The minimum absolute atomic E-state index is 0.434. The molecular formula is C15H24N2O. The molecule has 0 spiro atoms. The van der Waals surface area contributed by atoms with E-state index in [0.29, 0.717) is 6.04 Å². The van der Waals surface area contributed by atoms with Crippen molar-refractivity contribution >= 4 is 5.82 Å². The molecule has 1 aromatic heterocycles. The molecule has 0 radical (unpaired) electrons. The van der Waals surface area contributed by atoms with Gasteiger partial charge in [-0.25, -0.2) is 4.98 Å². The van der Waals surface area contributed by atoms with Gasteiger partial charge in [0.1, 0.15) is 5.82 Å². The molecule has 100 valence electrons. The first-order valence-corrected chi connectivity index (χ1v) is 7.13. The topological polar surface area (TPSA) is 36.4 Å². The van der Waals surface area contributed by atoms with Gasteiger partial charge in [-0.15, -0.1) is 0 Å². The third kappa shape index (κ3) is 3.02. The zero-order chi connectivity index (χ0) is 13.0. The van der Waals surface area contributed by atoms with Crippen LogP contribution in [0.25, 0.3) is 0 Å². The van der Waals surface area contributed by atoms with Gasteiger partial charge in [-0.1, -0.05) is 25.3 Å². The number of nitrogens with zero attached hydrogens (tertiary/aromatic N) is 2. The summed E-state index contributed by atoms with van der Waals surface area (Å²) in [7, 11) is 0. The molecule has 0 aliphatic heterocycles. The quantitative estimate of drug-likeness (QED) is 0.888. The lowest BCUT2D eigenvalue weighted by atomic mass is 9.94. The van der Waals surface area contributed by atoms with E-state index in [2.05, 4.69) is 16.8 Å². The fraction of sp³-hybridized carbons (Fsp3) is 0.667. The van der Waals surface area contributed by atoms with E-state index in [-0.39, 0.29) is 0 Å². The van der Waals surface area contributed by atoms with Crippen molar-refractivity contribution in [3.63, 3.8) is 0 Å². The largest absolute Gasteiger partial charge is 0.389 e. The van der Waals surface area contributed by atoms with Gasteiger partial charge in [-0.2, -0.15) is 0 Å². The normalized spacial score (nSPS) is 18.6. The van der Waals surface area contributed by atoms with E-state index >= 15 is 0 Å². The van der Waals surface area contributed by atoms with E-state index in [1.54, 1.807) is 13.1 Å². The Bertz CT molecular complexity index is 355. The minimum Gasteiger partial charge on any atom is -0.389 e. The molecule has 0 aromatic carbocycles. The molecular weight excluding hydrogens is 224 g/mol. The van der Waals surface area contributed by atoms with Crippen molar-refractivity contribution in [2.75, 3.05) is 11.4 Å². The summed E-state index contributed by atoms with van der Waals surface area (Å²) in [5.41, 5.74) is 0.887. The Balaban J connectivity index is 2.11. The highest BCUT2D eigenvalue weighted by Gasteiger charge is 2.20.